The molecule has 1 aromatic carbocycles. The van der Waals surface area contributed by atoms with Crippen molar-refractivity contribution >= 4 is 16.9 Å². The first-order valence-corrected chi connectivity index (χ1v) is 6.29. The van der Waals surface area contributed by atoms with Gasteiger partial charge < -0.3 is 14.4 Å². The number of likely N-dealkylation sites (tertiary alicyclic amines) is 1. The van der Waals surface area contributed by atoms with Gasteiger partial charge in [-0.1, -0.05) is 0 Å². The summed E-state index contributed by atoms with van der Waals surface area (Å²) in [6.45, 7) is 0.871. The molecule has 100 valence electrons. The number of rotatable bonds is 1. The highest BCUT2D eigenvalue weighted by molar-refractivity contribution is 6.06. The summed E-state index contributed by atoms with van der Waals surface area (Å²) >= 11 is 0. The normalized spacial score (nSPS) is 17.0. The summed E-state index contributed by atoms with van der Waals surface area (Å²) in [4.78, 5) is 14.0. The zero-order valence-corrected chi connectivity index (χ0v) is 10.3. The molecule has 3 rings (SSSR count). The monoisotopic (exact) mass is 263 g/mol. The molecule has 2 heterocycles. The Morgan fingerprint density at radius 3 is 2.84 bits per heavy atom. The lowest BCUT2D eigenvalue weighted by molar-refractivity contribution is 0.0668. The fourth-order valence-electron chi connectivity index (χ4n) is 2.40. The first kappa shape index (κ1) is 12.0. The second-order valence-corrected chi connectivity index (χ2v) is 4.80. The van der Waals surface area contributed by atoms with Crippen LogP contribution in [0.25, 0.3) is 11.0 Å². The summed E-state index contributed by atoms with van der Waals surface area (Å²) in [6.07, 6.45) is 1.38. The Hall–Kier alpha value is -2.04. The van der Waals surface area contributed by atoms with E-state index in [0.717, 1.165) is 0 Å². The summed E-state index contributed by atoms with van der Waals surface area (Å²) in [6, 6.07) is 4.64. The van der Waals surface area contributed by atoms with E-state index in [-0.39, 0.29) is 11.7 Å². The predicted molar refractivity (Wildman–Crippen MR) is 67.9 cm³/mol. The Bertz CT molecular complexity index is 614. The van der Waals surface area contributed by atoms with Gasteiger partial charge >= 0.3 is 0 Å². The minimum atomic E-state index is -0.804. The molecule has 2 aromatic rings. The number of phenols is 1. The second kappa shape index (κ2) is 4.57. The van der Waals surface area contributed by atoms with E-state index in [4.69, 9.17) is 4.42 Å². The fourth-order valence-corrected chi connectivity index (χ4v) is 2.40. The second-order valence-electron chi connectivity index (χ2n) is 4.80. The minimum absolute atomic E-state index is 0.0964. The number of amides is 1. The van der Waals surface area contributed by atoms with Crippen molar-refractivity contribution < 1.29 is 18.7 Å². The number of alkyl halides is 1. The van der Waals surface area contributed by atoms with Crippen molar-refractivity contribution in [3.63, 3.8) is 0 Å². The topological polar surface area (TPSA) is 53.7 Å². The SMILES string of the molecule is O=C(c1coc2cc(O)ccc12)N1CCC(F)CC1. The number of halogens is 1. The van der Waals surface area contributed by atoms with Crippen LogP contribution < -0.4 is 0 Å². The fraction of sp³-hybridized carbons (Fsp3) is 0.357. The molecule has 0 saturated carbocycles. The number of phenolic OH excluding ortho intramolecular Hbond substituents is 1. The van der Waals surface area contributed by atoms with Crippen LogP contribution in [0.4, 0.5) is 4.39 Å². The van der Waals surface area contributed by atoms with Gasteiger partial charge in [-0.25, -0.2) is 4.39 Å². The van der Waals surface area contributed by atoms with Gasteiger partial charge in [-0.15, -0.1) is 0 Å². The van der Waals surface area contributed by atoms with Crippen LogP contribution in [0.2, 0.25) is 0 Å². The molecule has 0 bridgehead atoms. The number of hydrogen-bond donors (Lipinski definition) is 1. The Labute approximate surface area is 109 Å². The molecule has 1 amide bonds. The van der Waals surface area contributed by atoms with Gasteiger partial charge in [-0.05, 0) is 25.0 Å². The first-order chi connectivity index (χ1) is 9.15. The number of aromatic hydroxyl groups is 1. The third-order valence-corrected chi connectivity index (χ3v) is 3.50. The first-order valence-electron chi connectivity index (χ1n) is 6.29. The highest BCUT2D eigenvalue weighted by Crippen LogP contribution is 2.27. The summed E-state index contributed by atoms with van der Waals surface area (Å²) in [5, 5.41) is 10.0. The van der Waals surface area contributed by atoms with E-state index in [9.17, 15) is 14.3 Å². The number of nitrogens with zero attached hydrogens (tertiary/aromatic N) is 1. The number of furan rings is 1. The molecule has 19 heavy (non-hydrogen) atoms. The number of carbonyl (C=O) groups is 1. The zero-order chi connectivity index (χ0) is 13.4. The third-order valence-electron chi connectivity index (χ3n) is 3.50. The maximum Gasteiger partial charge on any atom is 0.257 e. The molecule has 0 aliphatic carbocycles. The van der Waals surface area contributed by atoms with Crippen molar-refractivity contribution in [2.24, 2.45) is 0 Å². The van der Waals surface area contributed by atoms with Crippen molar-refractivity contribution in [2.75, 3.05) is 13.1 Å². The molecule has 4 nitrogen and oxygen atoms in total. The van der Waals surface area contributed by atoms with Crippen LogP contribution in [0, 0.1) is 0 Å². The average Bonchev–Trinajstić information content (AvgIpc) is 2.81. The van der Waals surface area contributed by atoms with Crippen molar-refractivity contribution in [3.05, 3.63) is 30.0 Å². The summed E-state index contributed by atoms with van der Waals surface area (Å²) in [7, 11) is 0. The van der Waals surface area contributed by atoms with E-state index in [1.165, 1.54) is 18.4 Å². The molecule has 1 aromatic heterocycles. The van der Waals surface area contributed by atoms with Gasteiger partial charge in [0.05, 0.1) is 5.56 Å². The maximum absolute atomic E-state index is 13.1. The van der Waals surface area contributed by atoms with Crippen molar-refractivity contribution in [3.8, 4) is 5.75 Å². The van der Waals surface area contributed by atoms with Gasteiger partial charge in [0.1, 0.15) is 23.8 Å². The van der Waals surface area contributed by atoms with Crippen LogP contribution in [0.5, 0.6) is 5.75 Å². The quantitative estimate of drug-likeness (QED) is 0.860. The van der Waals surface area contributed by atoms with Gasteiger partial charge in [-0.2, -0.15) is 0 Å². The molecule has 0 unspecified atom stereocenters. The van der Waals surface area contributed by atoms with E-state index < -0.39 is 6.17 Å². The lowest BCUT2D eigenvalue weighted by atomic mass is 10.1. The number of hydrogen-bond acceptors (Lipinski definition) is 3. The van der Waals surface area contributed by atoms with Gasteiger partial charge in [0.15, 0.2) is 0 Å². The van der Waals surface area contributed by atoms with E-state index in [0.29, 0.717) is 42.5 Å². The lowest BCUT2D eigenvalue weighted by Gasteiger charge is -2.28. The van der Waals surface area contributed by atoms with E-state index in [1.54, 1.807) is 11.0 Å². The van der Waals surface area contributed by atoms with Crippen molar-refractivity contribution in [2.45, 2.75) is 19.0 Å². The molecule has 1 saturated heterocycles. The van der Waals surface area contributed by atoms with Crippen molar-refractivity contribution in [1.29, 1.82) is 0 Å². The lowest BCUT2D eigenvalue weighted by Crippen LogP contribution is -2.38. The molecule has 1 aliphatic heterocycles. The summed E-state index contributed by atoms with van der Waals surface area (Å²) < 4.78 is 18.4. The molecule has 0 spiro atoms. The van der Waals surface area contributed by atoms with Gasteiger partial charge in [0, 0.05) is 24.5 Å². The van der Waals surface area contributed by atoms with E-state index in [1.807, 2.05) is 0 Å². The molecule has 5 heteroatoms. The van der Waals surface area contributed by atoms with Crippen LogP contribution in [0.3, 0.4) is 0 Å². The molecular weight excluding hydrogens is 249 g/mol. The Kier molecular flexibility index (Phi) is 2.89. The van der Waals surface area contributed by atoms with Crippen LogP contribution >= 0.6 is 0 Å². The molecule has 1 N–H and O–H groups in total. The standard InChI is InChI=1S/C14H14FNO3/c15-9-3-5-16(6-4-9)14(18)12-8-19-13-7-10(17)1-2-11(12)13/h1-2,7-9,17H,3-6H2. The highest BCUT2D eigenvalue weighted by atomic mass is 19.1. The van der Waals surface area contributed by atoms with Crippen LogP contribution in [-0.4, -0.2) is 35.2 Å². The summed E-state index contributed by atoms with van der Waals surface area (Å²) in [5.74, 6) is -0.0459. The van der Waals surface area contributed by atoms with Crippen LogP contribution in [0.1, 0.15) is 23.2 Å². The van der Waals surface area contributed by atoms with Gasteiger partial charge in [0.2, 0.25) is 0 Å². The van der Waals surface area contributed by atoms with E-state index >= 15 is 0 Å². The minimum Gasteiger partial charge on any atom is -0.508 e. The Morgan fingerprint density at radius 2 is 2.11 bits per heavy atom. The number of carbonyl (C=O) groups excluding carboxylic acids is 1. The third kappa shape index (κ3) is 2.16. The van der Waals surface area contributed by atoms with Crippen molar-refractivity contribution in [1.82, 2.24) is 4.90 Å². The maximum atomic E-state index is 13.1. The largest absolute Gasteiger partial charge is 0.508 e. The smallest absolute Gasteiger partial charge is 0.257 e. The number of piperidine rings is 1. The van der Waals surface area contributed by atoms with E-state index in [2.05, 4.69) is 0 Å². The molecule has 1 fully saturated rings. The van der Waals surface area contributed by atoms with Crippen LogP contribution in [0.15, 0.2) is 28.9 Å². The molecule has 1 aliphatic rings. The number of fused-ring (bicyclic) bond motifs is 1. The molecule has 0 atom stereocenters. The van der Waals surface area contributed by atoms with Crippen LogP contribution in [-0.2, 0) is 0 Å². The molecular formula is C14H14FNO3. The molecule has 0 radical (unpaired) electrons. The summed E-state index contributed by atoms with van der Waals surface area (Å²) in [5.41, 5.74) is 0.941. The Balaban J connectivity index is 1.89. The number of benzene rings is 1. The average molecular weight is 263 g/mol. The van der Waals surface area contributed by atoms with Gasteiger partial charge in [-0.3, -0.25) is 4.79 Å². The highest BCUT2D eigenvalue weighted by Gasteiger charge is 2.25. The van der Waals surface area contributed by atoms with Gasteiger partial charge in [0.25, 0.3) is 5.91 Å². The predicted octanol–water partition coefficient (Wildman–Crippen LogP) is 2.71. The Morgan fingerprint density at radius 1 is 1.37 bits per heavy atom. The zero-order valence-electron chi connectivity index (χ0n) is 10.3.